The van der Waals surface area contributed by atoms with Crippen molar-refractivity contribution < 1.29 is 9.90 Å². The molecular weight excluding hydrogens is 284 g/mol. The van der Waals surface area contributed by atoms with Gasteiger partial charge < -0.3 is 10.0 Å². The molecule has 1 rings (SSSR count). The highest BCUT2D eigenvalue weighted by molar-refractivity contribution is 9.10. The first-order valence-electron chi connectivity index (χ1n) is 4.85. The molecule has 0 aromatic heterocycles. The molecule has 0 atom stereocenters. The Morgan fingerprint density at radius 1 is 1.65 bits per heavy atom. The molecule has 0 heterocycles. The molecular formula is C12H11BrN2O2. The summed E-state index contributed by atoms with van der Waals surface area (Å²) in [6.07, 6.45) is 1.63. The predicted octanol–water partition coefficient (Wildman–Crippen LogP) is 2.40. The summed E-state index contributed by atoms with van der Waals surface area (Å²) >= 11 is 3.33. The molecule has 0 radical (unpaired) electrons. The highest BCUT2D eigenvalue weighted by Gasteiger charge is 2.12. The molecule has 0 amide bonds. The van der Waals surface area contributed by atoms with Gasteiger partial charge in [0.2, 0.25) is 0 Å². The van der Waals surface area contributed by atoms with Gasteiger partial charge in [-0.15, -0.1) is 6.58 Å². The van der Waals surface area contributed by atoms with Crippen LogP contribution in [0.3, 0.4) is 0 Å². The third-order valence-corrected chi connectivity index (χ3v) is 2.73. The minimum Gasteiger partial charge on any atom is -0.480 e. The molecule has 17 heavy (non-hydrogen) atoms. The maximum absolute atomic E-state index is 10.7. The van der Waals surface area contributed by atoms with E-state index in [0.717, 1.165) is 5.69 Å². The maximum atomic E-state index is 10.7. The van der Waals surface area contributed by atoms with Crippen LogP contribution in [-0.2, 0) is 4.79 Å². The van der Waals surface area contributed by atoms with E-state index < -0.39 is 5.97 Å². The van der Waals surface area contributed by atoms with Gasteiger partial charge in [-0.2, -0.15) is 5.26 Å². The Morgan fingerprint density at radius 2 is 2.35 bits per heavy atom. The van der Waals surface area contributed by atoms with E-state index in [1.54, 1.807) is 29.2 Å². The fourth-order valence-corrected chi connectivity index (χ4v) is 2.03. The van der Waals surface area contributed by atoms with Crippen molar-refractivity contribution in [3.63, 3.8) is 0 Å². The quantitative estimate of drug-likeness (QED) is 0.847. The Labute approximate surface area is 108 Å². The molecule has 0 aliphatic carbocycles. The van der Waals surface area contributed by atoms with Gasteiger partial charge in [-0.05, 0) is 34.1 Å². The van der Waals surface area contributed by atoms with Crippen molar-refractivity contribution in [3.8, 4) is 6.07 Å². The van der Waals surface area contributed by atoms with Crippen LogP contribution in [0.2, 0.25) is 0 Å². The number of carboxylic acid groups (broad SMARTS) is 1. The van der Waals surface area contributed by atoms with E-state index >= 15 is 0 Å². The lowest BCUT2D eigenvalue weighted by Gasteiger charge is -2.22. The first kappa shape index (κ1) is 13.3. The van der Waals surface area contributed by atoms with Crippen LogP contribution in [-0.4, -0.2) is 24.2 Å². The SMILES string of the molecule is C=CCN(CC(=O)O)c1ccc(C#N)cc1Br. The topological polar surface area (TPSA) is 64.3 Å². The molecule has 1 aromatic rings. The standard InChI is InChI=1S/C12H11BrN2O2/c1-2-5-15(8-12(16)17)11-4-3-9(7-14)6-10(11)13/h2-4,6H,1,5,8H2,(H,16,17). The molecule has 0 fully saturated rings. The van der Waals surface area contributed by atoms with Crippen molar-refractivity contribution in [2.45, 2.75) is 0 Å². The van der Waals surface area contributed by atoms with Gasteiger partial charge in [-0.1, -0.05) is 6.08 Å². The number of nitriles is 1. The molecule has 1 aromatic carbocycles. The van der Waals surface area contributed by atoms with Crippen LogP contribution < -0.4 is 4.90 Å². The minimum atomic E-state index is -0.914. The molecule has 5 heteroatoms. The summed E-state index contributed by atoms with van der Waals surface area (Å²) in [6.45, 7) is 3.91. The molecule has 0 saturated heterocycles. The molecule has 1 N–H and O–H groups in total. The van der Waals surface area contributed by atoms with Gasteiger partial charge >= 0.3 is 5.97 Å². The normalized spacial score (nSPS) is 9.41. The van der Waals surface area contributed by atoms with Gasteiger partial charge in [0.15, 0.2) is 0 Å². The van der Waals surface area contributed by atoms with Crippen LogP contribution in [0.5, 0.6) is 0 Å². The van der Waals surface area contributed by atoms with E-state index in [1.807, 2.05) is 6.07 Å². The zero-order valence-electron chi connectivity index (χ0n) is 9.06. The molecule has 4 nitrogen and oxygen atoms in total. The summed E-state index contributed by atoms with van der Waals surface area (Å²) in [5.41, 5.74) is 1.25. The van der Waals surface area contributed by atoms with Crippen molar-refractivity contribution in [1.82, 2.24) is 0 Å². The number of carboxylic acids is 1. The zero-order chi connectivity index (χ0) is 12.8. The number of hydrogen-bond donors (Lipinski definition) is 1. The second-order valence-corrected chi connectivity index (χ2v) is 4.20. The van der Waals surface area contributed by atoms with Crippen LogP contribution in [0.25, 0.3) is 0 Å². The van der Waals surface area contributed by atoms with E-state index in [0.29, 0.717) is 16.6 Å². The lowest BCUT2D eigenvalue weighted by atomic mass is 10.2. The van der Waals surface area contributed by atoms with Crippen molar-refractivity contribution >= 4 is 27.6 Å². The van der Waals surface area contributed by atoms with Crippen LogP contribution in [0, 0.1) is 11.3 Å². The second kappa shape index (κ2) is 6.06. The first-order valence-corrected chi connectivity index (χ1v) is 5.65. The smallest absolute Gasteiger partial charge is 0.323 e. The Morgan fingerprint density at radius 3 is 2.82 bits per heavy atom. The summed E-state index contributed by atoms with van der Waals surface area (Å²) in [5.74, 6) is -0.914. The third-order valence-electron chi connectivity index (χ3n) is 2.09. The number of aliphatic carboxylic acids is 1. The van der Waals surface area contributed by atoms with Gasteiger partial charge in [0.1, 0.15) is 6.54 Å². The van der Waals surface area contributed by atoms with Gasteiger partial charge in [0, 0.05) is 11.0 Å². The molecule has 88 valence electrons. The maximum Gasteiger partial charge on any atom is 0.323 e. The number of carbonyl (C=O) groups is 1. The minimum absolute atomic E-state index is 0.115. The fraction of sp³-hybridized carbons (Fsp3) is 0.167. The monoisotopic (exact) mass is 294 g/mol. The lowest BCUT2D eigenvalue weighted by Crippen LogP contribution is -2.30. The summed E-state index contributed by atoms with van der Waals surface area (Å²) in [7, 11) is 0. The van der Waals surface area contributed by atoms with E-state index in [4.69, 9.17) is 10.4 Å². The molecule has 0 unspecified atom stereocenters. The van der Waals surface area contributed by atoms with Gasteiger partial charge in [-0.25, -0.2) is 0 Å². The average Bonchev–Trinajstić information content (AvgIpc) is 2.27. The Hall–Kier alpha value is -1.80. The molecule has 0 bridgehead atoms. The van der Waals surface area contributed by atoms with Crippen molar-refractivity contribution in [2.24, 2.45) is 0 Å². The van der Waals surface area contributed by atoms with Crippen LogP contribution >= 0.6 is 15.9 Å². The van der Waals surface area contributed by atoms with E-state index in [1.165, 1.54) is 0 Å². The van der Waals surface area contributed by atoms with Crippen molar-refractivity contribution in [1.29, 1.82) is 5.26 Å². The van der Waals surface area contributed by atoms with Crippen LogP contribution in [0.1, 0.15) is 5.56 Å². The molecule has 0 spiro atoms. The van der Waals surface area contributed by atoms with Crippen LogP contribution in [0.4, 0.5) is 5.69 Å². The summed E-state index contributed by atoms with van der Waals surface area (Å²) in [4.78, 5) is 12.4. The summed E-state index contributed by atoms with van der Waals surface area (Å²) in [5, 5.41) is 17.6. The number of anilines is 1. The highest BCUT2D eigenvalue weighted by atomic mass is 79.9. The molecule has 0 aliphatic heterocycles. The van der Waals surface area contributed by atoms with Gasteiger partial charge in [0.25, 0.3) is 0 Å². The zero-order valence-corrected chi connectivity index (χ0v) is 10.6. The number of rotatable bonds is 5. The second-order valence-electron chi connectivity index (χ2n) is 3.34. The first-order chi connectivity index (χ1) is 8.08. The third kappa shape index (κ3) is 3.61. The van der Waals surface area contributed by atoms with Crippen molar-refractivity contribution in [3.05, 3.63) is 40.9 Å². The average molecular weight is 295 g/mol. The molecule has 0 aliphatic rings. The van der Waals surface area contributed by atoms with Crippen molar-refractivity contribution in [2.75, 3.05) is 18.0 Å². The largest absolute Gasteiger partial charge is 0.480 e. The Balaban J connectivity index is 3.05. The van der Waals surface area contributed by atoms with Gasteiger partial charge in [-0.3, -0.25) is 4.79 Å². The number of benzene rings is 1. The predicted molar refractivity (Wildman–Crippen MR) is 68.9 cm³/mol. The highest BCUT2D eigenvalue weighted by Crippen LogP contribution is 2.27. The summed E-state index contributed by atoms with van der Waals surface area (Å²) < 4.78 is 0.694. The van der Waals surface area contributed by atoms with Crippen LogP contribution in [0.15, 0.2) is 35.3 Å². The molecule has 0 saturated carbocycles. The van der Waals surface area contributed by atoms with E-state index in [2.05, 4.69) is 22.5 Å². The number of nitrogens with zero attached hydrogens (tertiary/aromatic N) is 2. The Bertz CT molecular complexity index is 480. The number of hydrogen-bond acceptors (Lipinski definition) is 3. The summed E-state index contributed by atoms with van der Waals surface area (Å²) in [6, 6.07) is 7.05. The lowest BCUT2D eigenvalue weighted by molar-refractivity contribution is -0.135. The number of halogens is 1. The Kier molecular flexibility index (Phi) is 4.73. The van der Waals surface area contributed by atoms with Gasteiger partial charge in [0.05, 0.1) is 17.3 Å². The van der Waals surface area contributed by atoms with E-state index in [-0.39, 0.29) is 6.54 Å². The van der Waals surface area contributed by atoms with E-state index in [9.17, 15) is 4.79 Å². The fourth-order valence-electron chi connectivity index (χ4n) is 1.40.